The molecular weight excluding hydrogens is 320 g/mol. The molecule has 1 aliphatic rings. The van der Waals surface area contributed by atoms with Gasteiger partial charge in [-0.15, -0.1) is 0 Å². The zero-order chi connectivity index (χ0) is 14.5. The number of benzene rings is 1. The Labute approximate surface area is 128 Å². The van der Waals surface area contributed by atoms with Crippen LogP contribution in [0.4, 0.5) is 0 Å². The number of halogens is 1. The number of ether oxygens (including phenoxy) is 1. The van der Waals surface area contributed by atoms with Gasteiger partial charge in [-0.25, -0.2) is 0 Å². The summed E-state index contributed by atoms with van der Waals surface area (Å²) in [4.78, 5) is 14.1. The minimum Gasteiger partial charge on any atom is -0.496 e. The molecule has 1 aromatic rings. The van der Waals surface area contributed by atoms with E-state index in [1.165, 1.54) is 0 Å². The summed E-state index contributed by atoms with van der Waals surface area (Å²) in [5, 5.41) is 0. The first kappa shape index (κ1) is 15.3. The molecule has 0 aliphatic carbocycles. The molecule has 1 fully saturated rings. The third-order valence-electron chi connectivity index (χ3n) is 3.82. The van der Waals surface area contributed by atoms with Crippen molar-refractivity contribution in [3.63, 3.8) is 0 Å². The van der Waals surface area contributed by atoms with Gasteiger partial charge in [0, 0.05) is 19.5 Å². The van der Waals surface area contributed by atoms with Gasteiger partial charge in [0.1, 0.15) is 5.75 Å². The molecule has 1 saturated heterocycles. The summed E-state index contributed by atoms with van der Waals surface area (Å²) in [6.45, 7) is 2.35. The molecule has 4 nitrogen and oxygen atoms in total. The molecular formula is C15H21BrN2O2. The van der Waals surface area contributed by atoms with E-state index in [4.69, 9.17) is 10.5 Å². The second-order valence-corrected chi connectivity index (χ2v) is 6.05. The molecule has 0 radical (unpaired) electrons. The molecule has 1 amide bonds. The number of hydrogen-bond donors (Lipinski definition) is 1. The lowest BCUT2D eigenvalue weighted by Gasteiger charge is -2.16. The number of methoxy groups -OCH3 is 1. The maximum absolute atomic E-state index is 12.1. The Morgan fingerprint density at radius 3 is 2.95 bits per heavy atom. The Balaban J connectivity index is 1.86. The van der Waals surface area contributed by atoms with Gasteiger partial charge in [0.15, 0.2) is 0 Å². The highest BCUT2D eigenvalue weighted by atomic mass is 79.9. The van der Waals surface area contributed by atoms with Crippen LogP contribution in [0.3, 0.4) is 0 Å². The molecule has 0 spiro atoms. The highest BCUT2D eigenvalue weighted by molar-refractivity contribution is 9.10. The largest absolute Gasteiger partial charge is 0.496 e. The number of nitrogens with zero attached hydrogens (tertiary/aromatic N) is 1. The third kappa shape index (κ3) is 3.73. The lowest BCUT2D eigenvalue weighted by Crippen LogP contribution is -2.30. The van der Waals surface area contributed by atoms with Crippen molar-refractivity contribution in [2.24, 2.45) is 11.7 Å². The van der Waals surface area contributed by atoms with Crippen LogP contribution in [0.25, 0.3) is 0 Å². The van der Waals surface area contributed by atoms with E-state index in [0.717, 1.165) is 41.7 Å². The highest BCUT2D eigenvalue weighted by Crippen LogP contribution is 2.26. The number of hydrogen-bond acceptors (Lipinski definition) is 3. The topological polar surface area (TPSA) is 55.6 Å². The van der Waals surface area contributed by atoms with Crippen LogP contribution in [0.15, 0.2) is 22.7 Å². The molecule has 0 saturated carbocycles. The summed E-state index contributed by atoms with van der Waals surface area (Å²) in [5.74, 6) is 1.52. The minimum absolute atomic E-state index is 0.230. The number of carbonyl (C=O) groups excluding carboxylic acids is 1. The van der Waals surface area contributed by atoms with Gasteiger partial charge in [-0.3, -0.25) is 4.79 Å². The van der Waals surface area contributed by atoms with Crippen molar-refractivity contribution in [3.05, 3.63) is 28.2 Å². The van der Waals surface area contributed by atoms with E-state index in [9.17, 15) is 4.79 Å². The SMILES string of the molecule is COc1ccc(CCC(=O)N2CC[C@@H](CN)C2)cc1Br. The monoisotopic (exact) mass is 340 g/mol. The molecule has 1 aromatic carbocycles. The lowest BCUT2D eigenvalue weighted by molar-refractivity contribution is -0.130. The summed E-state index contributed by atoms with van der Waals surface area (Å²) in [6.07, 6.45) is 2.34. The van der Waals surface area contributed by atoms with Gasteiger partial charge in [-0.1, -0.05) is 6.07 Å². The van der Waals surface area contributed by atoms with Crippen molar-refractivity contribution in [1.82, 2.24) is 4.90 Å². The van der Waals surface area contributed by atoms with Crippen molar-refractivity contribution >= 4 is 21.8 Å². The van der Waals surface area contributed by atoms with Gasteiger partial charge >= 0.3 is 0 Å². The standard InChI is InChI=1S/C15H21BrN2O2/c1-20-14-4-2-11(8-13(14)16)3-5-15(19)18-7-6-12(9-17)10-18/h2,4,8,12H,3,5-7,9-10,17H2,1H3/t12-/m0/s1. The Hall–Kier alpha value is -1.07. The van der Waals surface area contributed by atoms with Crippen molar-refractivity contribution in [1.29, 1.82) is 0 Å². The second-order valence-electron chi connectivity index (χ2n) is 5.20. The van der Waals surface area contributed by atoms with E-state index in [-0.39, 0.29) is 5.91 Å². The molecule has 1 aliphatic heterocycles. The van der Waals surface area contributed by atoms with Gasteiger partial charge < -0.3 is 15.4 Å². The Kier molecular flexibility index (Phi) is 5.43. The van der Waals surface area contributed by atoms with E-state index in [0.29, 0.717) is 18.9 Å². The minimum atomic E-state index is 0.230. The van der Waals surface area contributed by atoms with Crippen LogP contribution in [0, 0.1) is 5.92 Å². The van der Waals surface area contributed by atoms with Crippen LogP contribution in [0.1, 0.15) is 18.4 Å². The maximum atomic E-state index is 12.1. The quantitative estimate of drug-likeness (QED) is 0.893. The number of carbonyl (C=O) groups is 1. The molecule has 1 atom stereocenters. The van der Waals surface area contributed by atoms with Crippen molar-refractivity contribution < 1.29 is 9.53 Å². The fourth-order valence-corrected chi connectivity index (χ4v) is 3.11. The van der Waals surface area contributed by atoms with Crippen LogP contribution < -0.4 is 10.5 Å². The first-order valence-corrected chi connectivity index (χ1v) is 7.73. The predicted molar refractivity (Wildman–Crippen MR) is 82.8 cm³/mol. The summed E-state index contributed by atoms with van der Waals surface area (Å²) in [6, 6.07) is 5.94. The van der Waals surface area contributed by atoms with Gasteiger partial charge in [-0.05, 0) is 58.9 Å². The van der Waals surface area contributed by atoms with E-state index < -0.39 is 0 Å². The Bertz CT molecular complexity index is 479. The second kappa shape index (κ2) is 7.09. The van der Waals surface area contributed by atoms with Crippen LogP contribution in [-0.4, -0.2) is 37.6 Å². The Morgan fingerprint density at radius 1 is 1.55 bits per heavy atom. The molecule has 0 unspecified atom stereocenters. The van der Waals surface area contributed by atoms with Crippen LogP contribution in [0.2, 0.25) is 0 Å². The first-order chi connectivity index (χ1) is 9.63. The number of amides is 1. The average Bonchev–Trinajstić information content (AvgIpc) is 2.94. The summed E-state index contributed by atoms with van der Waals surface area (Å²) < 4.78 is 6.12. The van der Waals surface area contributed by atoms with Crippen molar-refractivity contribution in [2.45, 2.75) is 19.3 Å². The zero-order valence-electron chi connectivity index (χ0n) is 11.8. The van der Waals surface area contributed by atoms with E-state index >= 15 is 0 Å². The summed E-state index contributed by atoms with van der Waals surface area (Å²) in [5.41, 5.74) is 6.79. The Morgan fingerprint density at radius 2 is 2.35 bits per heavy atom. The molecule has 110 valence electrons. The van der Waals surface area contributed by atoms with E-state index in [2.05, 4.69) is 15.9 Å². The van der Waals surface area contributed by atoms with Gasteiger partial charge in [0.2, 0.25) is 5.91 Å². The predicted octanol–water partition coefficient (Wildman–Crippen LogP) is 2.20. The van der Waals surface area contributed by atoms with Crippen molar-refractivity contribution in [2.75, 3.05) is 26.7 Å². The van der Waals surface area contributed by atoms with Crippen LogP contribution in [-0.2, 0) is 11.2 Å². The molecule has 1 heterocycles. The van der Waals surface area contributed by atoms with E-state index in [1.54, 1.807) is 7.11 Å². The first-order valence-electron chi connectivity index (χ1n) is 6.94. The highest BCUT2D eigenvalue weighted by Gasteiger charge is 2.24. The van der Waals surface area contributed by atoms with Gasteiger partial charge in [0.25, 0.3) is 0 Å². The van der Waals surface area contributed by atoms with Crippen LogP contribution in [0.5, 0.6) is 5.75 Å². The maximum Gasteiger partial charge on any atom is 0.222 e. The third-order valence-corrected chi connectivity index (χ3v) is 4.44. The molecule has 2 N–H and O–H groups in total. The molecule has 0 bridgehead atoms. The molecule has 5 heteroatoms. The zero-order valence-corrected chi connectivity index (χ0v) is 13.4. The number of nitrogens with two attached hydrogens (primary N) is 1. The fourth-order valence-electron chi connectivity index (χ4n) is 2.53. The van der Waals surface area contributed by atoms with E-state index in [1.807, 2.05) is 23.1 Å². The smallest absolute Gasteiger partial charge is 0.222 e. The van der Waals surface area contributed by atoms with Gasteiger partial charge in [-0.2, -0.15) is 0 Å². The van der Waals surface area contributed by atoms with Crippen molar-refractivity contribution in [3.8, 4) is 5.75 Å². The number of rotatable bonds is 5. The summed E-state index contributed by atoms with van der Waals surface area (Å²) >= 11 is 3.46. The number of likely N-dealkylation sites (tertiary alicyclic amines) is 1. The molecule has 20 heavy (non-hydrogen) atoms. The molecule has 0 aromatic heterocycles. The van der Waals surface area contributed by atoms with Gasteiger partial charge in [0.05, 0.1) is 11.6 Å². The number of aryl methyl sites for hydroxylation is 1. The lowest BCUT2D eigenvalue weighted by atomic mass is 10.1. The fraction of sp³-hybridized carbons (Fsp3) is 0.533. The normalized spacial score (nSPS) is 18.4. The average molecular weight is 341 g/mol. The van der Waals surface area contributed by atoms with Crippen LogP contribution >= 0.6 is 15.9 Å². The summed E-state index contributed by atoms with van der Waals surface area (Å²) in [7, 11) is 1.64. The molecule has 2 rings (SSSR count).